The molecule has 0 aromatic rings. The smallest absolute Gasteiger partial charge is 0.277 e. The van der Waals surface area contributed by atoms with Crippen molar-refractivity contribution in [1.29, 1.82) is 0 Å². The van der Waals surface area contributed by atoms with Crippen molar-refractivity contribution in [2.45, 2.75) is 45.7 Å². The lowest BCUT2D eigenvalue weighted by Gasteiger charge is -2.17. The van der Waals surface area contributed by atoms with E-state index in [4.69, 9.17) is 18.0 Å². The highest BCUT2D eigenvalue weighted by Gasteiger charge is 2.17. The fraction of sp³-hybridized carbons (Fsp3) is 0.875. The summed E-state index contributed by atoms with van der Waals surface area (Å²) in [6.45, 7) is 5.39. The zero-order valence-corrected chi connectivity index (χ0v) is 10.9. The minimum atomic E-state index is -3.45. The standard InChI is InChI=1S/C8H19N3O2S2/c1-4-7(5-8(9)14)11-15(12,13)10-6(2)3/h6-7,10-11H,4-5H2,1-3H3,(H2,9,14). The highest BCUT2D eigenvalue weighted by molar-refractivity contribution is 7.87. The Kier molecular flexibility index (Phi) is 6.26. The lowest BCUT2D eigenvalue weighted by atomic mass is 10.2. The second kappa shape index (κ2) is 6.37. The highest BCUT2D eigenvalue weighted by Crippen LogP contribution is 1.99. The van der Waals surface area contributed by atoms with E-state index in [1.54, 1.807) is 13.8 Å². The van der Waals surface area contributed by atoms with Crippen molar-refractivity contribution in [3.05, 3.63) is 0 Å². The molecule has 1 atom stereocenters. The Bertz CT molecular complexity index is 301. The number of nitrogens with two attached hydrogens (primary N) is 1. The number of rotatable bonds is 7. The van der Waals surface area contributed by atoms with Gasteiger partial charge >= 0.3 is 0 Å². The Balaban J connectivity index is 4.34. The monoisotopic (exact) mass is 253 g/mol. The van der Waals surface area contributed by atoms with Gasteiger partial charge in [-0.3, -0.25) is 0 Å². The third-order valence-corrected chi connectivity index (χ3v) is 3.25. The number of thiocarbonyl (C=S) groups is 1. The molecule has 0 aromatic carbocycles. The van der Waals surface area contributed by atoms with Crippen LogP contribution in [0, 0.1) is 0 Å². The van der Waals surface area contributed by atoms with Gasteiger partial charge in [-0.05, 0) is 20.3 Å². The van der Waals surface area contributed by atoms with Crippen LogP contribution in [0.15, 0.2) is 0 Å². The van der Waals surface area contributed by atoms with Crippen molar-refractivity contribution in [2.24, 2.45) is 5.73 Å². The van der Waals surface area contributed by atoms with Crippen LogP contribution in [0.25, 0.3) is 0 Å². The predicted octanol–water partition coefficient (Wildman–Crippen LogP) is 0.274. The summed E-state index contributed by atoms with van der Waals surface area (Å²) in [7, 11) is -3.45. The lowest BCUT2D eigenvalue weighted by molar-refractivity contribution is 0.525. The summed E-state index contributed by atoms with van der Waals surface area (Å²) >= 11 is 4.74. The number of hydrogen-bond acceptors (Lipinski definition) is 3. The molecule has 7 heteroatoms. The highest BCUT2D eigenvalue weighted by atomic mass is 32.2. The van der Waals surface area contributed by atoms with Gasteiger partial charge in [-0.25, -0.2) is 0 Å². The summed E-state index contributed by atoms with van der Waals surface area (Å²) in [5.74, 6) is 0. The quantitative estimate of drug-likeness (QED) is 0.569. The van der Waals surface area contributed by atoms with Gasteiger partial charge in [-0.15, -0.1) is 0 Å². The van der Waals surface area contributed by atoms with Gasteiger partial charge in [0.1, 0.15) is 0 Å². The lowest BCUT2D eigenvalue weighted by Crippen LogP contribution is -2.45. The molecular formula is C8H19N3O2S2. The van der Waals surface area contributed by atoms with Crippen molar-refractivity contribution >= 4 is 27.4 Å². The molecule has 5 nitrogen and oxygen atoms in total. The van der Waals surface area contributed by atoms with Crippen LogP contribution in [0.2, 0.25) is 0 Å². The normalized spacial score (nSPS) is 14.1. The molecule has 0 aliphatic heterocycles. The fourth-order valence-electron chi connectivity index (χ4n) is 1.08. The maximum absolute atomic E-state index is 11.5. The van der Waals surface area contributed by atoms with Crippen LogP contribution in [0.4, 0.5) is 0 Å². The zero-order valence-electron chi connectivity index (χ0n) is 9.28. The van der Waals surface area contributed by atoms with Crippen LogP contribution in [0.5, 0.6) is 0 Å². The van der Waals surface area contributed by atoms with Gasteiger partial charge in [0.05, 0.1) is 4.99 Å². The molecular weight excluding hydrogens is 234 g/mol. The second-order valence-corrected chi connectivity index (χ2v) is 5.67. The number of hydrogen-bond donors (Lipinski definition) is 3. The van der Waals surface area contributed by atoms with Crippen LogP contribution in [0.1, 0.15) is 33.6 Å². The average Bonchev–Trinajstić information content (AvgIpc) is 1.98. The van der Waals surface area contributed by atoms with Gasteiger partial charge in [-0.2, -0.15) is 17.9 Å². The Morgan fingerprint density at radius 3 is 2.27 bits per heavy atom. The van der Waals surface area contributed by atoms with E-state index in [0.29, 0.717) is 17.8 Å². The molecule has 1 unspecified atom stereocenters. The van der Waals surface area contributed by atoms with E-state index < -0.39 is 10.2 Å². The van der Waals surface area contributed by atoms with Crippen molar-refractivity contribution in [3.8, 4) is 0 Å². The van der Waals surface area contributed by atoms with Gasteiger partial charge < -0.3 is 5.73 Å². The zero-order chi connectivity index (χ0) is 12.1. The van der Waals surface area contributed by atoms with E-state index in [-0.39, 0.29) is 12.1 Å². The van der Waals surface area contributed by atoms with Crippen LogP contribution in [0.3, 0.4) is 0 Å². The van der Waals surface area contributed by atoms with Gasteiger partial charge in [0, 0.05) is 18.5 Å². The largest absolute Gasteiger partial charge is 0.393 e. The van der Waals surface area contributed by atoms with Crippen molar-refractivity contribution < 1.29 is 8.42 Å². The molecule has 0 saturated heterocycles. The molecule has 0 bridgehead atoms. The molecule has 0 saturated carbocycles. The first-order chi connectivity index (χ1) is 6.76. The maximum atomic E-state index is 11.5. The molecule has 0 aliphatic rings. The topological polar surface area (TPSA) is 84.2 Å². The molecule has 4 N–H and O–H groups in total. The van der Waals surface area contributed by atoms with E-state index >= 15 is 0 Å². The molecule has 0 heterocycles. The molecule has 15 heavy (non-hydrogen) atoms. The van der Waals surface area contributed by atoms with Crippen molar-refractivity contribution in [1.82, 2.24) is 9.44 Å². The van der Waals surface area contributed by atoms with Crippen LogP contribution in [-0.2, 0) is 10.2 Å². The molecule has 0 radical (unpaired) electrons. The van der Waals surface area contributed by atoms with Crippen LogP contribution in [-0.4, -0.2) is 25.5 Å². The SMILES string of the molecule is CCC(CC(N)=S)NS(=O)(=O)NC(C)C. The van der Waals surface area contributed by atoms with E-state index in [1.165, 1.54) is 0 Å². The van der Waals surface area contributed by atoms with E-state index in [9.17, 15) is 8.42 Å². The predicted molar refractivity (Wildman–Crippen MR) is 65.8 cm³/mol. The molecule has 0 fully saturated rings. The second-order valence-electron chi connectivity index (χ2n) is 3.67. The van der Waals surface area contributed by atoms with E-state index in [0.717, 1.165) is 0 Å². The summed E-state index contributed by atoms with van der Waals surface area (Å²) in [6, 6.07) is -0.372. The first kappa shape index (κ1) is 14.8. The van der Waals surface area contributed by atoms with Gasteiger partial charge in [0.25, 0.3) is 10.2 Å². The van der Waals surface area contributed by atoms with E-state index in [2.05, 4.69) is 9.44 Å². The molecule has 0 rings (SSSR count). The summed E-state index contributed by atoms with van der Waals surface area (Å²) in [5, 5.41) is 0. The van der Waals surface area contributed by atoms with Crippen LogP contribution >= 0.6 is 12.2 Å². The average molecular weight is 253 g/mol. The van der Waals surface area contributed by atoms with Crippen LogP contribution < -0.4 is 15.2 Å². The Morgan fingerprint density at radius 2 is 1.93 bits per heavy atom. The minimum Gasteiger partial charge on any atom is -0.393 e. The summed E-state index contributed by atoms with van der Waals surface area (Å²) in [6.07, 6.45) is 1.03. The number of nitrogens with one attached hydrogen (secondary N) is 2. The van der Waals surface area contributed by atoms with Crippen molar-refractivity contribution in [3.63, 3.8) is 0 Å². The molecule has 90 valence electrons. The van der Waals surface area contributed by atoms with Crippen molar-refractivity contribution in [2.75, 3.05) is 0 Å². The summed E-state index contributed by atoms with van der Waals surface area (Å²) in [4.78, 5) is 0.314. The molecule has 0 amide bonds. The van der Waals surface area contributed by atoms with Gasteiger partial charge in [-0.1, -0.05) is 19.1 Å². The third kappa shape index (κ3) is 7.66. The minimum absolute atomic E-state index is 0.134. The van der Waals surface area contributed by atoms with E-state index in [1.807, 2.05) is 6.92 Å². The Labute approximate surface area is 97.0 Å². The first-order valence-corrected chi connectivity index (χ1v) is 6.74. The van der Waals surface area contributed by atoms with Gasteiger partial charge in [0.15, 0.2) is 0 Å². The summed E-state index contributed by atoms with van der Waals surface area (Å²) < 4.78 is 27.9. The Morgan fingerprint density at radius 1 is 1.40 bits per heavy atom. The maximum Gasteiger partial charge on any atom is 0.277 e. The molecule has 0 aliphatic carbocycles. The molecule has 0 spiro atoms. The molecule has 0 aromatic heterocycles. The Hall–Kier alpha value is -0.240. The fourth-order valence-corrected chi connectivity index (χ4v) is 2.65. The van der Waals surface area contributed by atoms with Gasteiger partial charge in [0.2, 0.25) is 0 Å². The third-order valence-electron chi connectivity index (χ3n) is 1.65. The summed E-state index contributed by atoms with van der Waals surface area (Å²) in [5.41, 5.74) is 5.37. The first-order valence-electron chi connectivity index (χ1n) is 4.84.